The maximum Gasteiger partial charge on any atom is 0.254 e. The van der Waals surface area contributed by atoms with Crippen molar-refractivity contribution in [3.8, 4) is 11.5 Å². The number of para-hydroxylation sites is 1. The van der Waals surface area contributed by atoms with Crippen LogP contribution < -0.4 is 5.56 Å². The summed E-state index contributed by atoms with van der Waals surface area (Å²) in [5.41, 5.74) is 1.73. The molecule has 3 aromatic rings. The van der Waals surface area contributed by atoms with Crippen LogP contribution in [0.3, 0.4) is 0 Å². The molecule has 0 fully saturated rings. The number of fused-ring (bicyclic) bond motifs is 1. The summed E-state index contributed by atoms with van der Waals surface area (Å²) < 4.78 is 5.78. The van der Waals surface area contributed by atoms with Crippen molar-refractivity contribution >= 4 is 22.6 Å². The van der Waals surface area contributed by atoms with Gasteiger partial charge in [-0.3, -0.25) is 4.79 Å². The summed E-state index contributed by atoms with van der Waals surface area (Å²) in [5.74, 6) is 0.572. The molecule has 0 unspecified atom stereocenters. The number of nitrogens with one attached hydrogen (secondary N) is 1. The third kappa shape index (κ3) is 2.12. The first kappa shape index (κ1) is 12.9. The Morgan fingerprint density at radius 1 is 1.40 bits per heavy atom. The minimum Gasteiger partial charge on any atom is -0.453 e. The molecule has 0 aliphatic rings. The molecule has 1 N–H and O–H groups in total. The second kappa shape index (κ2) is 5.13. The smallest absolute Gasteiger partial charge is 0.254 e. The van der Waals surface area contributed by atoms with Gasteiger partial charge in [0.1, 0.15) is 5.69 Å². The van der Waals surface area contributed by atoms with Crippen molar-refractivity contribution in [2.75, 3.05) is 0 Å². The number of hydrogen-bond acceptors (Lipinski definition) is 3. The SMILES string of the molecule is CCCc1c(-c2cc3cccc(Cl)c3o2)nc[nH]c1=O. The molecule has 20 heavy (non-hydrogen) atoms. The molecule has 102 valence electrons. The molecule has 0 radical (unpaired) electrons. The largest absolute Gasteiger partial charge is 0.453 e. The second-order valence-electron chi connectivity index (χ2n) is 4.58. The molecule has 0 aliphatic carbocycles. The maximum absolute atomic E-state index is 11.9. The molecule has 0 bridgehead atoms. The first-order valence-corrected chi connectivity index (χ1v) is 6.83. The molecule has 0 aliphatic heterocycles. The summed E-state index contributed by atoms with van der Waals surface area (Å²) in [7, 11) is 0. The van der Waals surface area contributed by atoms with Gasteiger partial charge >= 0.3 is 0 Å². The van der Waals surface area contributed by atoms with Crippen LogP contribution in [0.1, 0.15) is 18.9 Å². The van der Waals surface area contributed by atoms with Crippen molar-refractivity contribution in [3.63, 3.8) is 0 Å². The van der Waals surface area contributed by atoms with Gasteiger partial charge in [0.25, 0.3) is 5.56 Å². The van der Waals surface area contributed by atoms with E-state index in [-0.39, 0.29) is 5.56 Å². The first-order chi connectivity index (χ1) is 9.70. The van der Waals surface area contributed by atoms with Gasteiger partial charge < -0.3 is 9.40 Å². The highest BCUT2D eigenvalue weighted by Crippen LogP contribution is 2.31. The third-order valence-electron chi connectivity index (χ3n) is 3.18. The Kier molecular flexibility index (Phi) is 3.32. The zero-order valence-electron chi connectivity index (χ0n) is 10.9. The van der Waals surface area contributed by atoms with E-state index in [9.17, 15) is 4.79 Å². The van der Waals surface area contributed by atoms with E-state index in [4.69, 9.17) is 16.0 Å². The number of benzene rings is 1. The van der Waals surface area contributed by atoms with E-state index in [1.54, 1.807) is 6.07 Å². The lowest BCUT2D eigenvalue weighted by Crippen LogP contribution is -2.14. The molecule has 0 saturated carbocycles. The van der Waals surface area contributed by atoms with E-state index in [2.05, 4.69) is 9.97 Å². The molecule has 0 atom stereocenters. The van der Waals surface area contributed by atoms with Gasteiger partial charge in [0.05, 0.1) is 11.3 Å². The van der Waals surface area contributed by atoms with Gasteiger partial charge in [-0.15, -0.1) is 0 Å². The molecule has 0 amide bonds. The predicted molar refractivity (Wildman–Crippen MR) is 79.1 cm³/mol. The summed E-state index contributed by atoms with van der Waals surface area (Å²) in [6.45, 7) is 2.02. The summed E-state index contributed by atoms with van der Waals surface area (Å²) in [6, 6.07) is 7.42. The van der Waals surface area contributed by atoms with Crippen LogP contribution in [0.25, 0.3) is 22.4 Å². The van der Waals surface area contributed by atoms with Gasteiger partial charge in [-0.2, -0.15) is 0 Å². The fourth-order valence-corrected chi connectivity index (χ4v) is 2.49. The molecule has 0 spiro atoms. The summed E-state index contributed by atoms with van der Waals surface area (Å²) in [4.78, 5) is 18.8. The number of aromatic amines is 1. The van der Waals surface area contributed by atoms with E-state index in [1.807, 2.05) is 25.1 Å². The number of H-pyrrole nitrogens is 1. The lowest BCUT2D eigenvalue weighted by molar-refractivity contribution is 0.626. The Hall–Kier alpha value is -2.07. The van der Waals surface area contributed by atoms with Crippen LogP contribution in [0.5, 0.6) is 0 Å². The number of nitrogens with zero attached hydrogens (tertiary/aromatic N) is 1. The van der Waals surface area contributed by atoms with Gasteiger partial charge in [-0.05, 0) is 18.6 Å². The van der Waals surface area contributed by atoms with Crippen molar-refractivity contribution in [1.82, 2.24) is 9.97 Å². The van der Waals surface area contributed by atoms with Crippen molar-refractivity contribution < 1.29 is 4.42 Å². The van der Waals surface area contributed by atoms with E-state index in [0.717, 1.165) is 11.8 Å². The topological polar surface area (TPSA) is 58.9 Å². The Bertz CT molecular complexity index is 820. The Labute approximate surface area is 120 Å². The van der Waals surface area contributed by atoms with E-state index in [1.165, 1.54) is 6.33 Å². The highest BCUT2D eigenvalue weighted by Gasteiger charge is 2.15. The zero-order valence-corrected chi connectivity index (χ0v) is 11.7. The lowest BCUT2D eigenvalue weighted by atomic mass is 10.1. The standard InChI is InChI=1S/C15H13ClN2O2/c1-2-4-10-13(17-8-18-15(10)19)12-7-9-5-3-6-11(16)14(9)20-12/h3,5-8H,2,4H2,1H3,(H,17,18,19). The summed E-state index contributed by atoms with van der Waals surface area (Å²) in [6.07, 6.45) is 2.91. The number of furan rings is 1. The van der Waals surface area contributed by atoms with Crippen LogP contribution in [0.2, 0.25) is 5.02 Å². The molecule has 4 nitrogen and oxygen atoms in total. The molecule has 1 aromatic carbocycles. The fraction of sp³-hybridized carbons (Fsp3) is 0.200. The maximum atomic E-state index is 11.9. The van der Waals surface area contributed by atoms with Crippen molar-refractivity contribution in [2.45, 2.75) is 19.8 Å². The zero-order chi connectivity index (χ0) is 14.1. The van der Waals surface area contributed by atoms with E-state index in [0.29, 0.717) is 34.0 Å². The van der Waals surface area contributed by atoms with Crippen LogP contribution in [0.4, 0.5) is 0 Å². The highest BCUT2D eigenvalue weighted by atomic mass is 35.5. The fourth-order valence-electron chi connectivity index (χ4n) is 2.27. The van der Waals surface area contributed by atoms with Gasteiger partial charge in [-0.1, -0.05) is 37.1 Å². The quantitative estimate of drug-likeness (QED) is 0.797. The van der Waals surface area contributed by atoms with Crippen molar-refractivity contribution in [2.24, 2.45) is 0 Å². The number of halogens is 1. The normalized spacial score (nSPS) is 11.1. The van der Waals surface area contributed by atoms with Crippen LogP contribution in [0.15, 0.2) is 39.8 Å². The van der Waals surface area contributed by atoms with Crippen LogP contribution in [-0.2, 0) is 6.42 Å². The Morgan fingerprint density at radius 3 is 3.00 bits per heavy atom. The van der Waals surface area contributed by atoms with Crippen LogP contribution in [0, 0.1) is 0 Å². The molecular weight excluding hydrogens is 276 g/mol. The van der Waals surface area contributed by atoms with Gasteiger partial charge in [0.15, 0.2) is 11.3 Å². The summed E-state index contributed by atoms with van der Waals surface area (Å²) in [5, 5.41) is 1.45. The monoisotopic (exact) mass is 288 g/mol. The first-order valence-electron chi connectivity index (χ1n) is 6.45. The van der Waals surface area contributed by atoms with Gasteiger partial charge in [0, 0.05) is 10.9 Å². The van der Waals surface area contributed by atoms with Crippen molar-refractivity contribution in [3.05, 3.63) is 51.5 Å². The number of aromatic nitrogens is 2. The van der Waals surface area contributed by atoms with Crippen LogP contribution in [-0.4, -0.2) is 9.97 Å². The third-order valence-corrected chi connectivity index (χ3v) is 3.48. The van der Waals surface area contributed by atoms with Gasteiger partial charge in [-0.25, -0.2) is 4.98 Å². The minimum atomic E-state index is -0.122. The lowest BCUT2D eigenvalue weighted by Gasteiger charge is -2.03. The Morgan fingerprint density at radius 2 is 2.25 bits per heavy atom. The Balaban J connectivity index is 2.23. The average molecular weight is 289 g/mol. The second-order valence-corrected chi connectivity index (χ2v) is 4.98. The molecular formula is C15H13ClN2O2. The average Bonchev–Trinajstić information content (AvgIpc) is 2.86. The molecule has 2 heterocycles. The highest BCUT2D eigenvalue weighted by molar-refractivity contribution is 6.34. The van der Waals surface area contributed by atoms with Crippen LogP contribution >= 0.6 is 11.6 Å². The molecule has 5 heteroatoms. The molecule has 0 saturated heterocycles. The molecule has 2 aromatic heterocycles. The molecule has 3 rings (SSSR count). The van der Waals surface area contributed by atoms with Crippen molar-refractivity contribution in [1.29, 1.82) is 0 Å². The predicted octanol–water partition coefficient (Wildman–Crippen LogP) is 3.79. The number of rotatable bonds is 3. The minimum absolute atomic E-state index is 0.122. The van der Waals surface area contributed by atoms with E-state index < -0.39 is 0 Å². The summed E-state index contributed by atoms with van der Waals surface area (Å²) >= 11 is 6.11. The van der Waals surface area contributed by atoms with Gasteiger partial charge in [0.2, 0.25) is 0 Å². The van der Waals surface area contributed by atoms with E-state index >= 15 is 0 Å². The number of hydrogen-bond donors (Lipinski definition) is 1.